The Balaban J connectivity index is 0.943. The molecule has 0 bridgehead atoms. The predicted octanol–water partition coefficient (Wildman–Crippen LogP) is 0.617. The third-order valence-corrected chi connectivity index (χ3v) is 9.75. The molecule has 5 rings (SSSR count). The number of nitrogens with one attached hydrogen (secondary N) is 1. The number of aromatic nitrogens is 2. The Labute approximate surface area is 273 Å². The van der Waals surface area contributed by atoms with Gasteiger partial charge in [0.25, 0.3) is 0 Å². The van der Waals surface area contributed by atoms with Crippen molar-refractivity contribution in [2.24, 2.45) is 23.7 Å². The second-order valence-corrected chi connectivity index (χ2v) is 13.3. The number of amides is 1. The highest BCUT2D eigenvalue weighted by atomic mass is 35.5. The molecule has 3 heterocycles. The lowest BCUT2D eigenvalue weighted by atomic mass is 9.90. The molecule has 3 fully saturated rings. The van der Waals surface area contributed by atoms with E-state index in [0.29, 0.717) is 60.3 Å². The van der Waals surface area contributed by atoms with Gasteiger partial charge < -0.3 is 45.4 Å². The zero-order chi connectivity index (χ0) is 32.8. The summed E-state index contributed by atoms with van der Waals surface area (Å²) in [5, 5.41) is 51.3. The van der Waals surface area contributed by atoms with Crippen LogP contribution in [0.5, 0.6) is 5.75 Å². The van der Waals surface area contributed by atoms with Crippen LogP contribution < -0.4 is 15.0 Å². The SMILES string of the molecule is O=C(Cc1ccc(OCC[C@@H]2C[C@@H]2C2CCN(c3ncc(Cl)cn3)CC2)cc1F)N1CC(CNCC(O)C(O)C(O)C(O)CO)C1. The number of halogens is 2. The second kappa shape index (κ2) is 16.0. The maximum atomic E-state index is 14.8. The largest absolute Gasteiger partial charge is 0.493 e. The topological polar surface area (TPSA) is 172 Å². The zero-order valence-corrected chi connectivity index (χ0v) is 26.6. The Morgan fingerprint density at radius 1 is 1.09 bits per heavy atom. The standard InChI is InChI=1S/C32H45ClFN5O7/c33-23-13-36-32(37-14-23)38-6-3-20(4-7-38)25-9-21(25)5-8-46-24-2-1-22(26(34)11-24)10-29(43)39-16-19(17-39)12-35-15-27(41)30(44)31(45)28(42)18-40/h1-2,11,13-14,19-21,25,27-28,30-31,35,40-42,44-45H,3-10,12,15-18H2/t21-,25-,27?,28?,30?,31?/m1/s1. The van der Waals surface area contributed by atoms with Gasteiger partial charge in [0.15, 0.2) is 0 Å². The number of carbonyl (C=O) groups excluding carboxylic acids is 1. The summed E-state index contributed by atoms with van der Waals surface area (Å²) >= 11 is 5.90. The van der Waals surface area contributed by atoms with E-state index in [1.54, 1.807) is 29.4 Å². The van der Waals surface area contributed by atoms with Crippen LogP contribution in [0.2, 0.25) is 5.02 Å². The van der Waals surface area contributed by atoms with E-state index in [9.17, 15) is 29.6 Å². The van der Waals surface area contributed by atoms with Gasteiger partial charge in [0.1, 0.15) is 29.9 Å². The molecule has 254 valence electrons. The van der Waals surface area contributed by atoms with E-state index >= 15 is 0 Å². The highest BCUT2D eigenvalue weighted by Gasteiger charge is 2.43. The number of hydrogen-bond donors (Lipinski definition) is 6. The third kappa shape index (κ3) is 9.03. The summed E-state index contributed by atoms with van der Waals surface area (Å²) in [5.41, 5.74) is 0.317. The Hall–Kier alpha value is -2.65. The molecule has 1 aliphatic carbocycles. The summed E-state index contributed by atoms with van der Waals surface area (Å²) in [6.07, 6.45) is 1.41. The summed E-state index contributed by atoms with van der Waals surface area (Å²) in [4.78, 5) is 25.2. The van der Waals surface area contributed by atoms with Crippen LogP contribution in [-0.4, -0.2) is 123 Å². The number of hydrogen-bond acceptors (Lipinski definition) is 11. The van der Waals surface area contributed by atoms with Crippen molar-refractivity contribution in [2.45, 2.75) is 56.5 Å². The van der Waals surface area contributed by atoms with Gasteiger partial charge in [-0.25, -0.2) is 14.4 Å². The molecule has 4 unspecified atom stereocenters. The fraction of sp³-hybridized carbons (Fsp3) is 0.656. The predicted molar refractivity (Wildman–Crippen MR) is 168 cm³/mol. The first kappa shape index (κ1) is 34.7. The van der Waals surface area contributed by atoms with Crippen molar-refractivity contribution in [3.05, 3.63) is 47.0 Å². The van der Waals surface area contributed by atoms with Crippen LogP contribution in [-0.2, 0) is 11.2 Å². The molecule has 1 saturated carbocycles. The molecule has 1 amide bonds. The van der Waals surface area contributed by atoms with E-state index in [-0.39, 0.29) is 24.8 Å². The van der Waals surface area contributed by atoms with Gasteiger partial charge in [-0.3, -0.25) is 4.79 Å². The average Bonchev–Trinajstić information content (AvgIpc) is 3.82. The van der Waals surface area contributed by atoms with Crippen LogP contribution >= 0.6 is 11.6 Å². The van der Waals surface area contributed by atoms with Crippen molar-refractivity contribution in [3.63, 3.8) is 0 Å². The Morgan fingerprint density at radius 2 is 1.78 bits per heavy atom. The van der Waals surface area contributed by atoms with Gasteiger partial charge in [0, 0.05) is 51.3 Å². The first-order valence-electron chi connectivity index (χ1n) is 16.1. The van der Waals surface area contributed by atoms with E-state index in [1.807, 2.05) is 0 Å². The second-order valence-electron chi connectivity index (χ2n) is 12.9. The van der Waals surface area contributed by atoms with Crippen LogP contribution in [0.3, 0.4) is 0 Å². The molecule has 6 N–H and O–H groups in total. The molecule has 6 atom stereocenters. The highest BCUT2D eigenvalue weighted by molar-refractivity contribution is 6.30. The van der Waals surface area contributed by atoms with Gasteiger partial charge in [0.05, 0.1) is 43.2 Å². The Morgan fingerprint density at radius 3 is 2.46 bits per heavy atom. The average molecular weight is 666 g/mol. The number of ether oxygens (including phenoxy) is 1. The molecule has 14 heteroatoms. The molecule has 12 nitrogen and oxygen atoms in total. The molecule has 0 radical (unpaired) electrons. The number of piperidine rings is 1. The monoisotopic (exact) mass is 665 g/mol. The molecule has 2 saturated heterocycles. The first-order chi connectivity index (χ1) is 22.1. The smallest absolute Gasteiger partial charge is 0.227 e. The number of likely N-dealkylation sites (tertiary alicyclic amines) is 1. The van der Waals surface area contributed by atoms with Gasteiger partial charge in [-0.05, 0) is 55.1 Å². The maximum Gasteiger partial charge on any atom is 0.227 e. The zero-order valence-electron chi connectivity index (χ0n) is 25.8. The van der Waals surface area contributed by atoms with E-state index < -0.39 is 36.8 Å². The molecule has 3 aliphatic rings. The van der Waals surface area contributed by atoms with Crippen molar-refractivity contribution in [2.75, 3.05) is 57.4 Å². The molecular weight excluding hydrogens is 621 g/mol. The van der Waals surface area contributed by atoms with E-state index in [4.69, 9.17) is 21.4 Å². The first-order valence-corrected chi connectivity index (χ1v) is 16.5. The normalized spacial score (nSPS) is 23.0. The van der Waals surface area contributed by atoms with Crippen LogP contribution in [0.15, 0.2) is 30.6 Å². The van der Waals surface area contributed by atoms with Gasteiger partial charge in [-0.15, -0.1) is 0 Å². The lowest BCUT2D eigenvalue weighted by molar-refractivity contribution is -0.136. The molecule has 46 heavy (non-hydrogen) atoms. The van der Waals surface area contributed by atoms with Crippen LogP contribution in [0, 0.1) is 29.5 Å². The van der Waals surface area contributed by atoms with Crippen LogP contribution in [0.4, 0.5) is 10.3 Å². The van der Waals surface area contributed by atoms with Gasteiger partial charge in [-0.1, -0.05) is 17.7 Å². The summed E-state index contributed by atoms with van der Waals surface area (Å²) in [7, 11) is 0. The molecule has 0 spiro atoms. The highest BCUT2D eigenvalue weighted by Crippen LogP contribution is 2.49. The van der Waals surface area contributed by atoms with Crippen molar-refractivity contribution in [1.82, 2.24) is 20.2 Å². The van der Waals surface area contributed by atoms with Gasteiger partial charge in [0.2, 0.25) is 11.9 Å². The number of benzene rings is 1. The minimum atomic E-state index is -1.67. The lowest BCUT2D eigenvalue weighted by Crippen LogP contribution is -2.55. The summed E-state index contributed by atoms with van der Waals surface area (Å²) in [6.45, 7) is 3.07. The summed E-state index contributed by atoms with van der Waals surface area (Å²) in [5.74, 6) is 2.73. The van der Waals surface area contributed by atoms with Gasteiger partial charge >= 0.3 is 0 Å². The molecule has 2 aliphatic heterocycles. The fourth-order valence-corrected chi connectivity index (χ4v) is 6.66. The van der Waals surface area contributed by atoms with Crippen molar-refractivity contribution in [1.29, 1.82) is 0 Å². The van der Waals surface area contributed by atoms with E-state index in [1.165, 1.54) is 12.5 Å². The van der Waals surface area contributed by atoms with Crippen LogP contribution in [0.1, 0.15) is 31.2 Å². The number of rotatable bonds is 16. The van der Waals surface area contributed by atoms with Crippen molar-refractivity contribution in [3.8, 4) is 5.75 Å². The number of anilines is 1. The minimum absolute atomic E-state index is 0.0386. The number of aliphatic hydroxyl groups is 5. The van der Waals surface area contributed by atoms with Crippen molar-refractivity contribution >= 4 is 23.5 Å². The number of aliphatic hydroxyl groups excluding tert-OH is 5. The molecule has 2 aromatic rings. The summed E-state index contributed by atoms with van der Waals surface area (Å²) in [6, 6.07) is 4.67. The number of carbonyl (C=O) groups is 1. The van der Waals surface area contributed by atoms with Crippen molar-refractivity contribution < 1.29 is 39.5 Å². The molecule has 1 aromatic carbocycles. The lowest BCUT2D eigenvalue weighted by Gasteiger charge is -2.39. The van der Waals surface area contributed by atoms with Crippen LogP contribution in [0.25, 0.3) is 0 Å². The quantitative estimate of drug-likeness (QED) is 0.149. The Bertz CT molecular complexity index is 1280. The molecule has 1 aromatic heterocycles. The molecular formula is C32H45ClFN5O7. The third-order valence-electron chi connectivity index (χ3n) is 9.56. The fourth-order valence-electron chi connectivity index (χ4n) is 6.56. The summed E-state index contributed by atoms with van der Waals surface area (Å²) < 4.78 is 20.7. The minimum Gasteiger partial charge on any atom is -0.493 e. The van der Waals surface area contributed by atoms with Gasteiger partial charge in [-0.2, -0.15) is 0 Å². The number of nitrogens with zero attached hydrogens (tertiary/aromatic N) is 4. The van der Waals surface area contributed by atoms with E-state index in [2.05, 4.69) is 20.2 Å². The van der Waals surface area contributed by atoms with E-state index in [0.717, 1.165) is 38.3 Å². The Kier molecular flexibility index (Phi) is 12.0. The maximum absolute atomic E-state index is 14.8.